The molecule has 1 aliphatic heterocycles. The van der Waals surface area contributed by atoms with Crippen LogP contribution in [-0.4, -0.2) is 51.3 Å². The maximum absolute atomic E-state index is 12.4. The van der Waals surface area contributed by atoms with Crippen LogP contribution < -0.4 is 0 Å². The minimum absolute atomic E-state index is 0.0510. The average molecular weight is 453 g/mol. The molecule has 5 nitrogen and oxygen atoms in total. The molecule has 4 aromatic rings. The Labute approximate surface area is 201 Å². The van der Waals surface area contributed by atoms with Crippen LogP contribution in [0.1, 0.15) is 25.1 Å². The first-order chi connectivity index (χ1) is 16.5. The zero-order valence-corrected chi connectivity index (χ0v) is 20.2. The highest BCUT2D eigenvalue weighted by atomic mass is 16.2. The molecule has 0 radical (unpaired) electrons. The van der Waals surface area contributed by atoms with E-state index in [4.69, 9.17) is 4.98 Å². The molecule has 1 aliphatic rings. The highest BCUT2D eigenvalue weighted by molar-refractivity contribution is 5.78. The molecule has 5 heteroatoms. The van der Waals surface area contributed by atoms with Crippen molar-refractivity contribution in [2.45, 2.75) is 27.3 Å². The second-order valence-electron chi connectivity index (χ2n) is 9.54. The lowest BCUT2D eigenvalue weighted by Gasteiger charge is -2.35. The number of benzene rings is 2. The molecule has 1 fully saturated rings. The van der Waals surface area contributed by atoms with Crippen LogP contribution in [-0.2, 0) is 11.3 Å². The van der Waals surface area contributed by atoms with Gasteiger partial charge in [0, 0.05) is 50.4 Å². The molecule has 34 heavy (non-hydrogen) atoms. The fraction of sp³-hybridized carbons (Fsp3) is 0.310. The van der Waals surface area contributed by atoms with E-state index in [1.54, 1.807) is 0 Å². The van der Waals surface area contributed by atoms with Crippen LogP contribution in [0.15, 0.2) is 72.9 Å². The third-order valence-electron chi connectivity index (χ3n) is 6.67. The van der Waals surface area contributed by atoms with Gasteiger partial charge in [-0.1, -0.05) is 74.0 Å². The van der Waals surface area contributed by atoms with Gasteiger partial charge in [0.15, 0.2) is 0 Å². The summed E-state index contributed by atoms with van der Waals surface area (Å²) in [6, 6.07) is 23.3. The van der Waals surface area contributed by atoms with Gasteiger partial charge in [0.2, 0.25) is 5.91 Å². The first-order valence-electron chi connectivity index (χ1n) is 12.1. The second kappa shape index (κ2) is 9.43. The molecule has 3 heterocycles. The maximum Gasteiger partial charge on any atom is 0.225 e. The summed E-state index contributed by atoms with van der Waals surface area (Å²) in [6.07, 6.45) is 2.22. The van der Waals surface area contributed by atoms with Crippen molar-refractivity contribution in [2.24, 2.45) is 5.92 Å². The highest BCUT2D eigenvalue weighted by Crippen LogP contribution is 2.29. The van der Waals surface area contributed by atoms with Gasteiger partial charge in [-0.3, -0.25) is 9.69 Å². The van der Waals surface area contributed by atoms with Gasteiger partial charge in [-0.25, -0.2) is 4.98 Å². The van der Waals surface area contributed by atoms with E-state index in [1.807, 2.05) is 24.8 Å². The lowest BCUT2D eigenvalue weighted by Crippen LogP contribution is -2.49. The first kappa shape index (κ1) is 22.4. The van der Waals surface area contributed by atoms with Gasteiger partial charge in [0.1, 0.15) is 5.65 Å². The standard InChI is InChI=1S/C29H32N4O/c1-21(2)29(34)32-16-14-31(15-17-32)20-26-28(23-9-5-4-6-10-23)30-27-13-12-25(19-33(26)27)24-11-7-8-22(3)18-24/h4-13,18-19,21H,14-17,20H2,1-3H3. The largest absolute Gasteiger partial charge is 0.340 e. The first-order valence-corrected chi connectivity index (χ1v) is 12.1. The number of amides is 1. The Bertz CT molecular complexity index is 1300. The number of carbonyl (C=O) groups excluding carboxylic acids is 1. The van der Waals surface area contributed by atoms with E-state index in [-0.39, 0.29) is 11.8 Å². The number of piperazine rings is 1. The predicted molar refractivity (Wildman–Crippen MR) is 137 cm³/mol. The maximum atomic E-state index is 12.4. The summed E-state index contributed by atoms with van der Waals surface area (Å²) in [7, 11) is 0. The SMILES string of the molecule is Cc1cccc(-c2ccc3nc(-c4ccccc4)c(CN4CCN(C(=O)C(C)C)CC4)n3c2)c1. The Kier molecular flexibility index (Phi) is 6.20. The number of nitrogens with zero attached hydrogens (tertiary/aromatic N) is 4. The summed E-state index contributed by atoms with van der Waals surface area (Å²) in [5.41, 5.74) is 7.96. The topological polar surface area (TPSA) is 40.9 Å². The molecule has 2 aromatic carbocycles. The summed E-state index contributed by atoms with van der Waals surface area (Å²) in [4.78, 5) is 21.9. The smallest absolute Gasteiger partial charge is 0.225 e. The van der Waals surface area contributed by atoms with Crippen molar-refractivity contribution in [3.63, 3.8) is 0 Å². The van der Waals surface area contributed by atoms with E-state index >= 15 is 0 Å². The zero-order chi connectivity index (χ0) is 23.7. The van der Waals surface area contributed by atoms with Crippen LogP contribution in [0.2, 0.25) is 0 Å². The molecule has 0 atom stereocenters. The number of hydrogen-bond acceptors (Lipinski definition) is 3. The molecule has 0 aliphatic carbocycles. The predicted octanol–water partition coefficient (Wildman–Crippen LogP) is 5.28. The second-order valence-corrected chi connectivity index (χ2v) is 9.54. The number of pyridine rings is 1. The third-order valence-corrected chi connectivity index (χ3v) is 6.67. The van der Waals surface area contributed by atoms with Crippen LogP contribution in [0.25, 0.3) is 28.0 Å². The molecule has 2 aromatic heterocycles. The van der Waals surface area contributed by atoms with Crippen LogP contribution in [0.4, 0.5) is 0 Å². The quantitative estimate of drug-likeness (QED) is 0.414. The number of rotatable bonds is 5. The molecule has 0 saturated carbocycles. The monoisotopic (exact) mass is 452 g/mol. The Morgan fingerprint density at radius 2 is 1.62 bits per heavy atom. The average Bonchev–Trinajstić information content (AvgIpc) is 3.22. The molecule has 0 unspecified atom stereocenters. The van der Waals surface area contributed by atoms with Crippen LogP contribution in [0.3, 0.4) is 0 Å². The highest BCUT2D eigenvalue weighted by Gasteiger charge is 2.25. The van der Waals surface area contributed by atoms with Crippen molar-refractivity contribution < 1.29 is 4.79 Å². The summed E-state index contributed by atoms with van der Waals surface area (Å²) in [5, 5.41) is 0. The fourth-order valence-electron chi connectivity index (χ4n) is 4.77. The number of imidazole rings is 1. The van der Waals surface area contributed by atoms with E-state index in [0.717, 1.165) is 49.6 Å². The number of fused-ring (bicyclic) bond motifs is 1. The van der Waals surface area contributed by atoms with Gasteiger partial charge in [0.05, 0.1) is 11.4 Å². The summed E-state index contributed by atoms with van der Waals surface area (Å²) in [6.45, 7) is 10.2. The molecule has 174 valence electrons. The zero-order valence-electron chi connectivity index (χ0n) is 20.2. The van der Waals surface area contributed by atoms with Crippen molar-refractivity contribution in [3.05, 3.63) is 84.2 Å². The Morgan fingerprint density at radius 3 is 2.32 bits per heavy atom. The molecular formula is C29H32N4O. The summed E-state index contributed by atoms with van der Waals surface area (Å²) in [5.74, 6) is 0.303. The van der Waals surface area contributed by atoms with Crippen LogP contribution in [0, 0.1) is 12.8 Å². The Hall–Kier alpha value is -3.44. The minimum atomic E-state index is 0.0510. The van der Waals surface area contributed by atoms with Crippen molar-refractivity contribution >= 4 is 11.6 Å². The van der Waals surface area contributed by atoms with Gasteiger partial charge in [0.25, 0.3) is 0 Å². The number of hydrogen-bond donors (Lipinski definition) is 0. The van der Waals surface area contributed by atoms with Gasteiger partial charge >= 0.3 is 0 Å². The van der Waals surface area contributed by atoms with E-state index in [9.17, 15) is 4.79 Å². The van der Waals surface area contributed by atoms with Gasteiger partial charge in [-0.15, -0.1) is 0 Å². The summed E-state index contributed by atoms with van der Waals surface area (Å²) < 4.78 is 2.26. The van der Waals surface area contributed by atoms with Crippen molar-refractivity contribution in [1.29, 1.82) is 0 Å². The summed E-state index contributed by atoms with van der Waals surface area (Å²) >= 11 is 0. The van der Waals surface area contributed by atoms with Crippen molar-refractivity contribution in [1.82, 2.24) is 19.2 Å². The molecule has 0 bridgehead atoms. The molecular weight excluding hydrogens is 420 g/mol. The van der Waals surface area contributed by atoms with E-state index in [2.05, 4.69) is 83.1 Å². The van der Waals surface area contributed by atoms with Gasteiger partial charge in [-0.2, -0.15) is 0 Å². The number of aromatic nitrogens is 2. The number of aryl methyl sites for hydroxylation is 1. The molecule has 1 saturated heterocycles. The third kappa shape index (κ3) is 4.48. The van der Waals surface area contributed by atoms with E-state index in [1.165, 1.54) is 22.4 Å². The molecule has 5 rings (SSSR count). The Balaban J connectivity index is 1.50. The lowest BCUT2D eigenvalue weighted by molar-refractivity contribution is -0.136. The molecule has 0 N–H and O–H groups in total. The normalized spacial score (nSPS) is 14.8. The van der Waals surface area contributed by atoms with E-state index < -0.39 is 0 Å². The van der Waals surface area contributed by atoms with Crippen molar-refractivity contribution in [2.75, 3.05) is 26.2 Å². The van der Waals surface area contributed by atoms with Crippen LogP contribution in [0.5, 0.6) is 0 Å². The van der Waals surface area contributed by atoms with Gasteiger partial charge < -0.3 is 9.30 Å². The number of carbonyl (C=O) groups is 1. The van der Waals surface area contributed by atoms with E-state index in [0.29, 0.717) is 0 Å². The van der Waals surface area contributed by atoms with Gasteiger partial charge in [-0.05, 0) is 30.2 Å². The van der Waals surface area contributed by atoms with Crippen LogP contribution >= 0.6 is 0 Å². The molecule has 0 spiro atoms. The lowest BCUT2D eigenvalue weighted by atomic mass is 10.1. The fourth-order valence-corrected chi connectivity index (χ4v) is 4.77. The Morgan fingerprint density at radius 1 is 0.882 bits per heavy atom. The van der Waals surface area contributed by atoms with Crippen molar-refractivity contribution in [3.8, 4) is 22.4 Å². The molecule has 1 amide bonds. The minimum Gasteiger partial charge on any atom is -0.340 e.